The summed E-state index contributed by atoms with van der Waals surface area (Å²) in [6.45, 7) is 0. The van der Waals surface area contributed by atoms with Gasteiger partial charge < -0.3 is 8.83 Å². The molecule has 0 radical (unpaired) electrons. The average molecular weight is 333 g/mol. The number of carbonyl (C=O) groups is 1. The van der Waals surface area contributed by atoms with Crippen LogP contribution in [0.5, 0.6) is 0 Å². The number of sulfone groups is 1. The third-order valence-electron chi connectivity index (χ3n) is 2.91. The summed E-state index contributed by atoms with van der Waals surface area (Å²) >= 11 is 0. The molecule has 8 nitrogen and oxygen atoms in total. The lowest BCUT2D eigenvalue weighted by atomic mass is 10.2. The van der Waals surface area contributed by atoms with Gasteiger partial charge in [-0.15, -0.1) is 5.10 Å². The zero-order valence-electron chi connectivity index (χ0n) is 11.9. The Morgan fingerprint density at radius 2 is 1.91 bits per heavy atom. The van der Waals surface area contributed by atoms with Crippen molar-refractivity contribution in [2.75, 3.05) is 11.6 Å². The molecule has 0 aliphatic carbocycles. The molecule has 0 unspecified atom stereocenters. The van der Waals surface area contributed by atoms with Crippen LogP contribution in [0.25, 0.3) is 11.7 Å². The van der Waals surface area contributed by atoms with E-state index < -0.39 is 15.7 Å². The Kier molecular flexibility index (Phi) is 3.70. The summed E-state index contributed by atoms with van der Waals surface area (Å²) < 4.78 is 33.8. The van der Waals surface area contributed by atoms with E-state index in [1.807, 2.05) is 0 Å². The first kappa shape index (κ1) is 15.0. The lowest BCUT2D eigenvalue weighted by molar-refractivity contribution is 0.102. The zero-order valence-corrected chi connectivity index (χ0v) is 12.7. The summed E-state index contributed by atoms with van der Waals surface area (Å²) in [5, 5.41) is 9.77. The second-order valence-corrected chi connectivity index (χ2v) is 6.60. The molecule has 9 heteroatoms. The molecule has 1 amide bonds. The molecule has 0 saturated carbocycles. The number of nitrogens with one attached hydrogen (secondary N) is 1. The third-order valence-corrected chi connectivity index (χ3v) is 4.06. The van der Waals surface area contributed by atoms with Crippen molar-refractivity contribution in [1.82, 2.24) is 10.2 Å². The Labute approximate surface area is 131 Å². The highest BCUT2D eigenvalue weighted by Gasteiger charge is 2.20. The molecule has 0 bridgehead atoms. The summed E-state index contributed by atoms with van der Waals surface area (Å²) in [4.78, 5) is 12.2. The van der Waals surface area contributed by atoms with Crippen LogP contribution in [-0.4, -0.2) is 30.8 Å². The van der Waals surface area contributed by atoms with E-state index in [2.05, 4.69) is 15.5 Å². The predicted octanol–water partition coefficient (Wildman–Crippen LogP) is 1.99. The fourth-order valence-electron chi connectivity index (χ4n) is 1.92. The second-order valence-electron chi connectivity index (χ2n) is 4.61. The highest BCUT2D eigenvalue weighted by Crippen LogP contribution is 2.21. The monoisotopic (exact) mass is 333 g/mol. The topological polar surface area (TPSA) is 115 Å². The number of carbonyl (C=O) groups excluding carboxylic acids is 1. The number of nitrogens with zero attached hydrogens (tertiary/aromatic N) is 2. The lowest BCUT2D eigenvalue weighted by Crippen LogP contribution is -2.16. The van der Waals surface area contributed by atoms with Gasteiger partial charge in [0.15, 0.2) is 15.6 Å². The molecule has 0 aliphatic rings. The van der Waals surface area contributed by atoms with E-state index in [4.69, 9.17) is 8.83 Å². The minimum atomic E-state index is -3.54. The van der Waals surface area contributed by atoms with Crippen molar-refractivity contribution in [2.24, 2.45) is 0 Å². The fourth-order valence-corrected chi connectivity index (χ4v) is 2.80. The van der Waals surface area contributed by atoms with Gasteiger partial charge in [-0.05, 0) is 24.3 Å². The number of amides is 1. The first-order valence-corrected chi connectivity index (χ1v) is 8.32. The van der Waals surface area contributed by atoms with Crippen LogP contribution in [0.15, 0.2) is 56.4 Å². The van der Waals surface area contributed by atoms with Crippen LogP contribution in [0.4, 0.5) is 6.01 Å². The first-order chi connectivity index (χ1) is 10.9. The number of anilines is 1. The Bertz CT molecular complexity index is 944. The molecular formula is C14H11N3O5S. The lowest BCUT2D eigenvalue weighted by Gasteiger charge is -2.06. The maximum atomic E-state index is 12.3. The molecule has 118 valence electrons. The van der Waals surface area contributed by atoms with Gasteiger partial charge in [-0.2, -0.15) is 0 Å². The van der Waals surface area contributed by atoms with Crippen LogP contribution in [-0.2, 0) is 9.84 Å². The van der Waals surface area contributed by atoms with E-state index in [1.54, 1.807) is 18.2 Å². The minimum absolute atomic E-state index is 0.00671. The minimum Gasteiger partial charge on any atom is -0.459 e. The van der Waals surface area contributed by atoms with E-state index >= 15 is 0 Å². The fraction of sp³-hybridized carbons (Fsp3) is 0.0714. The molecule has 0 aliphatic heterocycles. The molecule has 3 aromatic rings. The molecule has 23 heavy (non-hydrogen) atoms. The van der Waals surface area contributed by atoms with Gasteiger partial charge in [-0.3, -0.25) is 10.1 Å². The van der Waals surface area contributed by atoms with Crippen molar-refractivity contribution in [1.29, 1.82) is 0 Å². The van der Waals surface area contributed by atoms with Crippen LogP contribution in [0.3, 0.4) is 0 Å². The Balaban J connectivity index is 1.86. The maximum absolute atomic E-state index is 12.3. The first-order valence-electron chi connectivity index (χ1n) is 6.43. The zero-order chi connectivity index (χ0) is 16.4. The Hall–Kier alpha value is -2.94. The van der Waals surface area contributed by atoms with Crippen LogP contribution < -0.4 is 5.32 Å². The smallest absolute Gasteiger partial charge is 0.322 e. The van der Waals surface area contributed by atoms with E-state index in [-0.39, 0.29) is 22.4 Å². The second kappa shape index (κ2) is 5.69. The highest BCUT2D eigenvalue weighted by atomic mass is 32.2. The van der Waals surface area contributed by atoms with Crippen molar-refractivity contribution in [3.63, 3.8) is 0 Å². The van der Waals surface area contributed by atoms with Crippen LogP contribution in [0.1, 0.15) is 10.4 Å². The average Bonchev–Trinajstić information content (AvgIpc) is 3.17. The molecule has 0 fully saturated rings. The van der Waals surface area contributed by atoms with Gasteiger partial charge in [-0.25, -0.2) is 8.42 Å². The van der Waals surface area contributed by atoms with Gasteiger partial charge >= 0.3 is 6.01 Å². The van der Waals surface area contributed by atoms with E-state index in [9.17, 15) is 13.2 Å². The molecule has 0 atom stereocenters. The van der Waals surface area contributed by atoms with Gasteiger partial charge in [0.05, 0.1) is 16.7 Å². The molecule has 2 aromatic heterocycles. The van der Waals surface area contributed by atoms with Crippen molar-refractivity contribution in [3.8, 4) is 11.7 Å². The summed E-state index contributed by atoms with van der Waals surface area (Å²) in [6, 6.07) is 8.96. The molecule has 0 saturated heterocycles. The summed E-state index contributed by atoms with van der Waals surface area (Å²) in [5.74, 6) is -0.211. The molecule has 2 heterocycles. The summed E-state index contributed by atoms with van der Waals surface area (Å²) in [5.41, 5.74) is -0.00671. The molecule has 3 rings (SSSR count). The Morgan fingerprint density at radius 3 is 2.61 bits per heavy atom. The number of rotatable bonds is 4. The molecule has 1 N–H and O–H groups in total. The standard InChI is InChI=1S/C14H11N3O5S/c1-23(19,20)11-7-3-2-5-9(11)12(18)15-14-17-16-13(22-14)10-6-4-8-21-10/h2-8H,1H3,(H,15,17,18). The Morgan fingerprint density at radius 1 is 1.13 bits per heavy atom. The van der Waals surface area contributed by atoms with Crippen molar-refractivity contribution >= 4 is 21.8 Å². The number of furan rings is 1. The molecule has 1 aromatic carbocycles. The van der Waals surface area contributed by atoms with Crippen LogP contribution in [0, 0.1) is 0 Å². The van der Waals surface area contributed by atoms with Gasteiger partial charge in [0.1, 0.15) is 0 Å². The van der Waals surface area contributed by atoms with Crippen molar-refractivity contribution < 1.29 is 22.0 Å². The number of benzene rings is 1. The quantitative estimate of drug-likeness (QED) is 0.776. The third kappa shape index (κ3) is 3.14. The van der Waals surface area contributed by atoms with E-state index in [1.165, 1.54) is 24.5 Å². The van der Waals surface area contributed by atoms with Crippen LogP contribution >= 0.6 is 0 Å². The number of hydrogen-bond acceptors (Lipinski definition) is 7. The van der Waals surface area contributed by atoms with Crippen molar-refractivity contribution in [2.45, 2.75) is 4.90 Å². The summed E-state index contributed by atoms with van der Waals surface area (Å²) in [7, 11) is -3.54. The number of aromatic nitrogens is 2. The molecular weight excluding hydrogens is 322 g/mol. The van der Waals surface area contributed by atoms with Gasteiger partial charge in [0, 0.05) is 6.26 Å². The SMILES string of the molecule is CS(=O)(=O)c1ccccc1C(=O)Nc1nnc(-c2ccco2)o1. The largest absolute Gasteiger partial charge is 0.459 e. The van der Waals surface area contributed by atoms with E-state index in [0.717, 1.165) is 6.26 Å². The normalized spacial score (nSPS) is 11.3. The molecule has 0 spiro atoms. The highest BCUT2D eigenvalue weighted by molar-refractivity contribution is 7.90. The van der Waals surface area contributed by atoms with Gasteiger partial charge in [-0.1, -0.05) is 17.2 Å². The van der Waals surface area contributed by atoms with Gasteiger partial charge in [0.2, 0.25) is 0 Å². The predicted molar refractivity (Wildman–Crippen MR) is 79.5 cm³/mol. The summed E-state index contributed by atoms with van der Waals surface area (Å²) in [6.07, 6.45) is 2.47. The van der Waals surface area contributed by atoms with Crippen molar-refractivity contribution in [3.05, 3.63) is 48.2 Å². The van der Waals surface area contributed by atoms with Gasteiger partial charge in [0.25, 0.3) is 11.8 Å². The number of hydrogen-bond donors (Lipinski definition) is 1. The van der Waals surface area contributed by atoms with E-state index in [0.29, 0.717) is 5.76 Å². The van der Waals surface area contributed by atoms with Crippen LogP contribution in [0.2, 0.25) is 0 Å². The maximum Gasteiger partial charge on any atom is 0.322 e.